The fourth-order valence-corrected chi connectivity index (χ4v) is 3.50. The van der Waals surface area contributed by atoms with E-state index in [4.69, 9.17) is 4.74 Å². The zero-order valence-electron chi connectivity index (χ0n) is 14.5. The average molecular weight is 369 g/mol. The number of aliphatic imine (C=N–C) groups is 1. The minimum Gasteiger partial charge on any atom is -0.497 e. The molecule has 3 rings (SSSR count). The molecule has 2 aromatic rings. The molecule has 2 aromatic carbocycles. The second-order valence-corrected chi connectivity index (χ2v) is 6.88. The molecule has 1 unspecified atom stereocenters. The number of rotatable bonds is 4. The van der Waals surface area contributed by atoms with Crippen LogP contribution in [0.5, 0.6) is 5.75 Å². The van der Waals surface area contributed by atoms with Gasteiger partial charge in [0.25, 0.3) is 0 Å². The first-order chi connectivity index (χ1) is 12.6. The van der Waals surface area contributed by atoms with Crippen molar-refractivity contribution in [1.29, 1.82) is 0 Å². The van der Waals surface area contributed by atoms with Crippen LogP contribution < -0.4 is 10.1 Å². The predicted octanol–water partition coefficient (Wildman–Crippen LogP) is 3.29. The van der Waals surface area contributed by atoms with Crippen molar-refractivity contribution >= 4 is 40.1 Å². The topological polar surface area (TPSA) is 71.0 Å². The second kappa shape index (κ2) is 8.05. The fraction of sp³-hybridized carbons (Fsp3) is 0.211. The first kappa shape index (κ1) is 18.0. The quantitative estimate of drug-likeness (QED) is 0.898. The first-order valence-corrected chi connectivity index (χ1v) is 8.96. The van der Waals surface area contributed by atoms with Crippen molar-refractivity contribution in [2.75, 3.05) is 19.5 Å². The molecule has 2 amide bonds. The van der Waals surface area contributed by atoms with Gasteiger partial charge in [-0.15, -0.1) is 0 Å². The van der Waals surface area contributed by atoms with Crippen molar-refractivity contribution in [3.63, 3.8) is 0 Å². The van der Waals surface area contributed by atoms with Crippen molar-refractivity contribution in [3.05, 3.63) is 54.6 Å². The van der Waals surface area contributed by atoms with Crippen LogP contribution in [0, 0.1) is 0 Å². The van der Waals surface area contributed by atoms with Crippen LogP contribution in [0.3, 0.4) is 0 Å². The number of anilines is 1. The van der Waals surface area contributed by atoms with Crippen LogP contribution in [0.2, 0.25) is 0 Å². The first-order valence-electron chi connectivity index (χ1n) is 8.08. The van der Waals surface area contributed by atoms with Gasteiger partial charge in [-0.05, 0) is 24.3 Å². The molecular formula is C19H19N3O3S. The molecule has 0 radical (unpaired) electrons. The Balaban J connectivity index is 1.76. The van der Waals surface area contributed by atoms with Gasteiger partial charge in [-0.25, -0.2) is 4.99 Å². The average Bonchev–Trinajstić information content (AvgIpc) is 2.66. The number of hydrogen-bond acceptors (Lipinski definition) is 5. The van der Waals surface area contributed by atoms with Crippen molar-refractivity contribution < 1.29 is 14.3 Å². The fourth-order valence-electron chi connectivity index (χ4n) is 2.43. The van der Waals surface area contributed by atoms with E-state index in [2.05, 4.69) is 10.3 Å². The smallest absolute Gasteiger partial charge is 0.238 e. The SMILES string of the molecule is COc1cccc(NC(=O)C2CC(=O)N(C)C(=Nc3ccccc3)S2)c1. The molecule has 1 heterocycles. The molecule has 26 heavy (non-hydrogen) atoms. The van der Waals surface area contributed by atoms with Crippen LogP contribution >= 0.6 is 11.8 Å². The molecule has 134 valence electrons. The van der Waals surface area contributed by atoms with Crippen molar-refractivity contribution in [3.8, 4) is 5.75 Å². The van der Waals surface area contributed by atoms with Crippen LogP contribution in [0.4, 0.5) is 11.4 Å². The molecule has 6 nitrogen and oxygen atoms in total. The Kier molecular flexibility index (Phi) is 5.58. The maximum Gasteiger partial charge on any atom is 0.238 e. The highest BCUT2D eigenvalue weighted by molar-refractivity contribution is 8.15. The van der Waals surface area contributed by atoms with Gasteiger partial charge in [0.05, 0.1) is 12.8 Å². The standard InChI is InChI=1S/C19H19N3O3S/c1-22-17(23)12-16(26-19(22)21-13-7-4-3-5-8-13)18(24)20-14-9-6-10-15(11-14)25-2/h3-11,16H,12H2,1-2H3,(H,20,24). The number of para-hydroxylation sites is 1. The second-order valence-electron chi connectivity index (χ2n) is 5.71. The Morgan fingerprint density at radius 1 is 1.23 bits per heavy atom. The van der Waals surface area contributed by atoms with E-state index in [1.165, 1.54) is 16.7 Å². The van der Waals surface area contributed by atoms with Gasteiger partial charge < -0.3 is 10.1 Å². The number of carbonyl (C=O) groups is 2. The highest BCUT2D eigenvalue weighted by atomic mass is 32.2. The van der Waals surface area contributed by atoms with E-state index in [1.54, 1.807) is 38.4 Å². The number of amidine groups is 1. The van der Waals surface area contributed by atoms with E-state index < -0.39 is 5.25 Å². The highest BCUT2D eigenvalue weighted by Crippen LogP contribution is 2.29. The lowest BCUT2D eigenvalue weighted by Crippen LogP contribution is -2.43. The summed E-state index contributed by atoms with van der Waals surface area (Å²) in [4.78, 5) is 30.9. The molecule has 0 spiro atoms. The minimum absolute atomic E-state index is 0.130. The van der Waals surface area contributed by atoms with E-state index in [-0.39, 0.29) is 18.2 Å². The van der Waals surface area contributed by atoms with E-state index in [1.807, 2.05) is 30.3 Å². The number of nitrogens with one attached hydrogen (secondary N) is 1. The third-order valence-electron chi connectivity index (χ3n) is 3.88. The molecule has 0 aromatic heterocycles. The Bertz CT molecular complexity index is 839. The Hall–Kier alpha value is -2.80. The predicted molar refractivity (Wildman–Crippen MR) is 104 cm³/mol. The summed E-state index contributed by atoms with van der Waals surface area (Å²) in [6, 6.07) is 16.5. The van der Waals surface area contributed by atoms with Crippen molar-refractivity contribution in [1.82, 2.24) is 4.90 Å². The molecule has 1 N–H and O–H groups in total. The van der Waals surface area contributed by atoms with Gasteiger partial charge in [0.15, 0.2) is 5.17 Å². The van der Waals surface area contributed by atoms with Crippen LogP contribution in [-0.4, -0.2) is 41.3 Å². The van der Waals surface area contributed by atoms with E-state index >= 15 is 0 Å². The van der Waals surface area contributed by atoms with Crippen LogP contribution in [0.25, 0.3) is 0 Å². The molecule has 1 fully saturated rings. The van der Waals surface area contributed by atoms with Crippen molar-refractivity contribution in [2.45, 2.75) is 11.7 Å². The largest absolute Gasteiger partial charge is 0.497 e. The van der Waals surface area contributed by atoms with E-state index in [9.17, 15) is 9.59 Å². The molecule has 0 bridgehead atoms. The Morgan fingerprint density at radius 2 is 2.00 bits per heavy atom. The van der Waals surface area contributed by atoms with Gasteiger partial charge in [0.2, 0.25) is 11.8 Å². The van der Waals surface area contributed by atoms with E-state index in [0.717, 1.165) is 5.69 Å². The van der Waals surface area contributed by atoms with Crippen molar-refractivity contribution in [2.24, 2.45) is 4.99 Å². The number of thioether (sulfide) groups is 1. The molecule has 1 saturated heterocycles. The van der Waals surface area contributed by atoms with E-state index in [0.29, 0.717) is 16.6 Å². The van der Waals surface area contributed by atoms with Gasteiger partial charge in [-0.3, -0.25) is 14.5 Å². The summed E-state index contributed by atoms with van der Waals surface area (Å²) in [5.74, 6) is 0.288. The lowest BCUT2D eigenvalue weighted by molar-refractivity contribution is -0.128. The summed E-state index contributed by atoms with van der Waals surface area (Å²) < 4.78 is 5.16. The van der Waals surface area contributed by atoms with Crippen LogP contribution in [0.1, 0.15) is 6.42 Å². The molecule has 1 aliphatic heterocycles. The monoisotopic (exact) mass is 369 g/mol. The van der Waals surface area contributed by atoms with Crippen LogP contribution in [0.15, 0.2) is 59.6 Å². The number of benzene rings is 2. The van der Waals surface area contributed by atoms with Gasteiger partial charge in [-0.1, -0.05) is 36.0 Å². The maximum absolute atomic E-state index is 12.6. The summed E-state index contributed by atoms with van der Waals surface area (Å²) in [5.41, 5.74) is 1.37. The maximum atomic E-state index is 12.6. The Morgan fingerprint density at radius 3 is 2.73 bits per heavy atom. The number of methoxy groups -OCH3 is 1. The number of ether oxygens (including phenoxy) is 1. The molecule has 1 aliphatic rings. The summed E-state index contributed by atoms with van der Waals surface area (Å²) in [6.45, 7) is 0. The molecule has 7 heteroatoms. The number of carbonyl (C=O) groups excluding carboxylic acids is 2. The lowest BCUT2D eigenvalue weighted by Gasteiger charge is -2.28. The normalized spacial score (nSPS) is 18.7. The van der Waals surface area contributed by atoms with Gasteiger partial charge >= 0.3 is 0 Å². The zero-order chi connectivity index (χ0) is 18.5. The summed E-state index contributed by atoms with van der Waals surface area (Å²) in [6.07, 6.45) is 0.130. The number of amides is 2. The van der Waals surface area contributed by atoms with Gasteiger partial charge in [0.1, 0.15) is 11.0 Å². The summed E-state index contributed by atoms with van der Waals surface area (Å²) >= 11 is 1.29. The minimum atomic E-state index is -0.535. The van der Waals surface area contributed by atoms with Gasteiger partial charge in [0, 0.05) is 25.2 Å². The molecular weight excluding hydrogens is 350 g/mol. The zero-order valence-corrected chi connectivity index (χ0v) is 15.3. The number of nitrogens with zero attached hydrogens (tertiary/aromatic N) is 2. The van der Waals surface area contributed by atoms with Crippen LogP contribution in [-0.2, 0) is 9.59 Å². The molecule has 0 aliphatic carbocycles. The third kappa shape index (κ3) is 4.23. The molecule has 1 atom stereocenters. The third-order valence-corrected chi connectivity index (χ3v) is 5.12. The summed E-state index contributed by atoms with van der Waals surface area (Å²) in [5, 5.41) is 2.82. The highest BCUT2D eigenvalue weighted by Gasteiger charge is 2.34. The van der Waals surface area contributed by atoms with Gasteiger partial charge in [-0.2, -0.15) is 0 Å². The number of hydrogen-bond donors (Lipinski definition) is 1. The summed E-state index contributed by atoms with van der Waals surface area (Å²) in [7, 11) is 3.24. The molecule has 0 saturated carbocycles. The lowest BCUT2D eigenvalue weighted by atomic mass is 10.2. The Labute approximate surface area is 156 Å².